The first-order chi connectivity index (χ1) is 20.0. The first-order valence-electron chi connectivity index (χ1n) is 13.8. The van der Waals surface area contributed by atoms with E-state index >= 15 is 0 Å². The summed E-state index contributed by atoms with van der Waals surface area (Å²) in [6.45, 7) is 4.60. The molecule has 0 bridgehead atoms. The number of aliphatic carboxylic acids is 1. The summed E-state index contributed by atoms with van der Waals surface area (Å²) in [5.41, 5.74) is 8.77. The number of carboxylic acid groups (broad SMARTS) is 1. The zero-order valence-corrected chi connectivity index (χ0v) is 24.6. The molecule has 42 heavy (non-hydrogen) atoms. The second kappa shape index (κ2) is 11.4. The van der Waals surface area contributed by atoms with Crippen LogP contribution >= 0.6 is 0 Å². The maximum absolute atomic E-state index is 11.8. The van der Waals surface area contributed by atoms with E-state index in [2.05, 4.69) is 42.2 Å². The second-order valence-corrected chi connectivity index (χ2v) is 11.8. The molecule has 1 saturated heterocycles. The quantitative estimate of drug-likeness (QED) is 0.127. The van der Waals surface area contributed by atoms with E-state index in [9.17, 15) is 15.0 Å². The SMILES string of the molecule is C#C[C@H](C)Nc1cc(Nc2ncc(N3CCC[C@H](C(=O)O)C3)c(N[C@@]3([Si])c4ccccc4CC3(C)O)n2)ccc1N=[NH2+]. The van der Waals surface area contributed by atoms with E-state index < -0.39 is 22.7 Å². The Hall–Kier alpha value is -4.47. The number of carbonyl (C=O) groups is 1. The van der Waals surface area contributed by atoms with Crippen molar-refractivity contribution in [3.63, 3.8) is 0 Å². The van der Waals surface area contributed by atoms with Gasteiger partial charge >= 0.3 is 5.97 Å². The molecule has 1 aliphatic carbocycles. The monoisotopic (exact) mass is 582 g/mol. The molecule has 1 fully saturated rings. The molecule has 215 valence electrons. The number of nitrogens with two attached hydrogens (primary N) is 1. The van der Waals surface area contributed by atoms with E-state index in [1.54, 1.807) is 25.3 Å². The highest BCUT2D eigenvalue weighted by Crippen LogP contribution is 2.45. The van der Waals surface area contributed by atoms with Crippen molar-refractivity contribution in [1.29, 1.82) is 0 Å². The summed E-state index contributed by atoms with van der Waals surface area (Å²) < 4.78 is 0. The van der Waals surface area contributed by atoms with Gasteiger partial charge < -0.3 is 31.1 Å². The Kier molecular flexibility index (Phi) is 7.90. The molecule has 3 aromatic rings. The molecule has 1 unspecified atom stereocenters. The Balaban J connectivity index is 1.53. The van der Waals surface area contributed by atoms with Gasteiger partial charge in [-0.2, -0.15) is 10.5 Å². The van der Waals surface area contributed by atoms with Gasteiger partial charge in [-0.3, -0.25) is 4.79 Å². The highest BCUT2D eigenvalue weighted by atomic mass is 28.1. The van der Waals surface area contributed by atoms with Crippen molar-refractivity contribution in [2.45, 2.75) is 49.9 Å². The standard InChI is InChI=1S/C30H33N8O3Si/c1-4-18(2)33-24-14-21(11-12-23(24)37-31)34-28-32-16-25(38-13-7-9-20(17-38)27(39)40)26(35-28)36-30(42)22-10-6-5-8-19(22)15-29(30,3)41/h1,5-6,8,10-12,14,16,18,20,31,33,41H,7,9,13,15,17H2,2-3H3,(H,39,40)(H2,32,34,35,36)/p+1/t18-,20-,29?,30+/m0/s1. The molecular weight excluding hydrogens is 548 g/mol. The number of rotatable bonds is 9. The van der Waals surface area contributed by atoms with Crippen molar-refractivity contribution in [1.82, 2.24) is 9.97 Å². The minimum atomic E-state index is -1.20. The number of benzene rings is 2. The topological polar surface area (TPSA) is 161 Å². The van der Waals surface area contributed by atoms with E-state index in [0.717, 1.165) is 17.5 Å². The van der Waals surface area contributed by atoms with Gasteiger partial charge in [-0.1, -0.05) is 30.2 Å². The first-order valence-corrected chi connectivity index (χ1v) is 14.3. The predicted molar refractivity (Wildman–Crippen MR) is 162 cm³/mol. The lowest BCUT2D eigenvalue weighted by molar-refractivity contribution is -0.210. The molecule has 0 saturated carbocycles. The van der Waals surface area contributed by atoms with Crippen LogP contribution in [0.2, 0.25) is 0 Å². The Morgan fingerprint density at radius 3 is 2.86 bits per heavy atom. The predicted octanol–water partition coefficient (Wildman–Crippen LogP) is 2.54. The number of nitrogens with one attached hydrogen (secondary N) is 3. The molecule has 1 aromatic heterocycles. The highest BCUT2D eigenvalue weighted by molar-refractivity contribution is 6.19. The molecule has 12 heteroatoms. The van der Waals surface area contributed by atoms with Crippen molar-refractivity contribution >= 4 is 50.7 Å². The first kappa shape index (κ1) is 29.0. The fourth-order valence-corrected chi connectivity index (χ4v) is 6.07. The minimum absolute atomic E-state index is 0.247. The number of terminal acetylenes is 1. The number of carboxylic acids is 1. The van der Waals surface area contributed by atoms with E-state index in [1.807, 2.05) is 42.2 Å². The Morgan fingerprint density at radius 1 is 1.33 bits per heavy atom. The number of aliphatic hydroxyl groups is 1. The van der Waals surface area contributed by atoms with Gasteiger partial charge in [0.25, 0.3) is 0 Å². The summed E-state index contributed by atoms with van der Waals surface area (Å²) in [5.74, 6) is 2.04. The van der Waals surface area contributed by atoms with Crippen LogP contribution in [0.3, 0.4) is 0 Å². The molecule has 2 aliphatic rings. The Morgan fingerprint density at radius 2 is 2.12 bits per heavy atom. The third-order valence-electron chi connectivity index (χ3n) is 7.96. The molecule has 0 amide bonds. The van der Waals surface area contributed by atoms with Crippen LogP contribution in [0.15, 0.2) is 53.8 Å². The smallest absolute Gasteiger partial charge is 0.308 e. The number of aromatic nitrogens is 2. The van der Waals surface area contributed by atoms with E-state index in [4.69, 9.17) is 16.9 Å². The van der Waals surface area contributed by atoms with E-state index in [0.29, 0.717) is 60.4 Å². The number of fused-ring (bicyclic) bond motifs is 1. The molecule has 1 aliphatic heterocycles. The molecule has 11 nitrogen and oxygen atoms in total. The molecule has 3 radical (unpaired) electrons. The van der Waals surface area contributed by atoms with Gasteiger partial charge in [-0.05, 0) is 61.1 Å². The van der Waals surface area contributed by atoms with Crippen LogP contribution in [-0.4, -0.2) is 61.1 Å². The molecule has 5 rings (SSSR count). The normalized spacial score (nSPS) is 23.8. The maximum atomic E-state index is 11.8. The van der Waals surface area contributed by atoms with Crippen molar-refractivity contribution in [2.75, 3.05) is 33.9 Å². The van der Waals surface area contributed by atoms with Gasteiger partial charge in [0.15, 0.2) is 11.5 Å². The molecule has 4 atom stereocenters. The fraction of sp³-hybridized carbons (Fsp3) is 0.367. The molecule has 2 aromatic carbocycles. The van der Waals surface area contributed by atoms with Crippen LogP contribution in [-0.2, 0) is 16.4 Å². The third kappa shape index (κ3) is 5.53. The molecular formula is C30H34N8O3Si+. The average molecular weight is 583 g/mol. The van der Waals surface area contributed by atoms with Crippen molar-refractivity contribution in [3.05, 3.63) is 59.8 Å². The van der Waals surface area contributed by atoms with Gasteiger partial charge in [0.1, 0.15) is 0 Å². The second-order valence-electron chi connectivity index (χ2n) is 11.1. The summed E-state index contributed by atoms with van der Waals surface area (Å²) in [6, 6.07) is 13.0. The van der Waals surface area contributed by atoms with Crippen LogP contribution in [0.5, 0.6) is 0 Å². The lowest BCUT2D eigenvalue weighted by Gasteiger charge is -2.40. The Labute approximate surface area is 248 Å². The highest BCUT2D eigenvalue weighted by Gasteiger charge is 2.51. The van der Waals surface area contributed by atoms with Gasteiger partial charge in [0.05, 0.1) is 50.5 Å². The van der Waals surface area contributed by atoms with Crippen LogP contribution < -0.4 is 26.4 Å². The van der Waals surface area contributed by atoms with Gasteiger partial charge in [0.2, 0.25) is 5.95 Å². The number of piperidine rings is 1. The number of anilines is 5. The lowest BCUT2D eigenvalue weighted by Crippen LogP contribution is -2.53. The maximum Gasteiger partial charge on any atom is 0.308 e. The molecule has 2 heterocycles. The summed E-state index contributed by atoms with van der Waals surface area (Å²) in [6.07, 6.45) is 8.98. The van der Waals surface area contributed by atoms with Gasteiger partial charge in [0, 0.05) is 25.2 Å². The summed E-state index contributed by atoms with van der Waals surface area (Å²) >= 11 is 0. The third-order valence-corrected chi connectivity index (χ3v) is 8.90. The van der Waals surface area contributed by atoms with Crippen molar-refractivity contribution < 1.29 is 20.5 Å². The van der Waals surface area contributed by atoms with Crippen molar-refractivity contribution in [2.24, 2.45) is 11.0 Å². The minimum Gasteiger partial charge on any atom is -0.481 e. The average Bonchev–Trinajstić information content (AvgIpc) is 3.17. The van der Waals surface area contributed by atoms with Gasteiger partial charge in [-0.25, -0.2) is 4.98 Å². The van der Waals surface area contributed by atoms with E-state index in [-0.39, 0.29) is 6.04 Å². The molecule has 7 N–H and O–H groups in total. The number of nitrogens with zero attached hydrogens (tertiary/aromatic N) is 4. The lowest BCUT2D eigenvalue weighted by atomic mass is 9.95. The van der Waals surface area contributed by atoms with Gasteiger partial charge in [-0.15, -0.1) is 6.42 Å². The molecule has 0 spiro atoms. The zero-order chi connectivity index (χ0) is 30.1. The van der Waals surface area contributed by atoms with Crippen LogP contribution in [0.25, 0.3) is 0 Å². The number of hydrogen-bond acceptors (Lipinski definition) is 9. The van der Waals surface area contributed by atoms with Crippen LogP contribution in [0, 0.1) is 18.3 Å². The summed E-state index contributed by atoms with van der Waals surface area (Å²) in [5, 5.41) is 34.0. The van der Waals surface area contributed by atoms with Crippen molar-refractivity contribution in [3.8, 4) is 12.3 Å². The largest absolute Gasteiger partial charge is 0.481 e. The number of hydrogen-bond donors (Lipinski definition) is 6. The Bertz CT molecular complexity index is 1560. The van der Waals surface area contributed by atoms with E-state index in [1.165, 1.54) is 0 Å². The van der Waals surface area contributed by atoms with Crippen LogP contribution in [0.4, 0.5) is 34.5 Å². The van der Waals surface area contributed by atoms with Crippen LogP contribution in [0.1, 0.15) is 37.8 Å². The summed E-state index contributed by atoms with van der Waals surface area (Å²) in [7, 11) is 3.91. The fourth-order valence-electron chi connectivity index (χ4n) is 5.62. The summed E-state index contributed by atoms with van der Waals surface area (Å²) in [4.78, 5) is 23.2. The zero-order valence-electron chi connectivity index (χ0n) is 23.6.